The predicted molar refractivity (Wildman–Crippen MR) is 86.9 cm³/mol. The molecule has 130 valence electrons. The Labute approximate surface area is 138 Å². The molecule has 2 bridgehead atoms. The summed E-state index contributed by atoms with van der Waals surface area (Å²) >= 11 is 0. The molecule has 4 atom stereocenters. The van der Waals surface area contributed by atoms with Crippen LogP contribution in [0.15, 0.2) is 0 Å². The maximum Gasteiger partial charge on any atom is 0.220 e. The molecule has 0 aromatic heterocycles. The highest BCUT2D eigenvalue weighted by Gasteiger charge is 2.48. The molecule has 0 unspecified atom stereocenters. The van der Waals surface area contributed by atoms with Crippen LogP contribution in [0.3, 0.4) is 0 Å². The van der Waals surface area contributed by atoms with Crippen LogP contribution in [0.5, 0.6) is 0 Å². The second-order valence-electron chi connectivity index (χ2n) is 6.82. The van der Waals surface area contributed by atoms with E-state index in [4.69, 9.17) is 4.74 Å². The van der Waals surface area contributed by atoms with E-state index in [1.54, 1.807) is 0 Å². The fourth-order valence-corrected chi connectivity index (χ4v) is 3.86. The summed E-state index contributed by atoms with van der Waals surface area (Å²) in [6, 6.07) is 0. The summed E-state index contributed by atoms with van der Waals surface area (Å²) in [6.07, 6.45) is 8.17. The molecule has 2 aliphatic rings. The molecule has 0 aliphatic carbocycles. The van der Waals surface area contributed by atoms with Gasteiger partial charge in [0, 0.05) is 38.1 Å². The molecule has 2 fully saturated rings. The molecule has 2 heterocycles. The van der Waals surface area contributed by atoms with Crippen molar-refractivity contribution in [3.63, 3.8) is 0 Å². The Bertz CT molecular complexity index is 423. The van der Waals surface area contributed by atoms with Crippen molar-refractivity contribution in [2.75, 3.05) is 6.54 Å². The molecule has 2 rings (SSSR count). The SMILES string of the molecule is CCCCCC(=O)CCC(=O)NC[C@@H]1[C@H](CC=O)[C@@H]2CC[C@H]1O2. The van der Waals surface area contributed by atoms with Gasteiger partial charge in [-0.1, -0.05) is 19.8 Å². The molecule has 0 saturated carbocycles. The molecule has 2 aliphatic heterocycles. The Hall–Kier alpha value is -1.23. The van der Waals surface area contributed by atoms with E-state index in [9.17, 15) is 14.4 Å². The quantitative estimate of drug-likeness (QED) is 0.468. The number of hydrogen-bond donors (Lipinski definition) is 1. The summed E-state index contributed by atoms with van der Waals surface area (Å²) in [5.74, 6) is 0.586. The second-order valence-corrected chi connectivity index (χ2v) is 6.82. The fourth-order valence-electron chi connectivity index (χ4n) is 3.86. The van der Waals surface area contributed by atoms with E-state index in [0.717, 1.165) is 38.4 Å². The minimum absolute atomic E-state index is 0.0681. The molecular formula is C18H29NO4. The van der Waals surface area contributed by atoms with Crippen molar-refractivity contribution in [2.45, 2.75) is 76.9 Å². The zero-order chi connectivity index (χ0) is 16.7. The smallest absolute Gasteiger partial charge is 0.220 e. The lowest BCUT2D eigenvalue weighted by atomic mass is 9.77. The van der Waals surface area contributed by atoms with Crippen molar-refractivity contribution in [1.82, 2.24) is 5.32 Å². The van der Waals surface area contributed by atoms with Gasteiger partial charge in [-0.3, -0.25) is 9.59 Å². The Kier molecular flexibility index (Phi) is 7.21. The number of carbonyl (C=O) groups is 3. The number of ether oxygens (including phenoxy) is 1. The average Bonchev–Trinajstić information content (AvgIpc) is 3.13. The standard InChI is InChI=1S/C18H29NO4/c1-2-3-4-5-13(21)6-9-18(22)19-12-15-14(10-11-20)16-7-8-17(15)23-16/h11,14-17H,2-10,12H2,1H3,(H,19,22)/t14-,15+,16-,17+/m0/s1. The monoisotopic (exact) mass is 323 g/mol. The lowest BCUT2D eigenvalue weighted by Crippen LogP contribution is -2.38. The number of hydrogen-bond acceptors (Lipinski definition) is 4. The lowest BCUT2D eigenvalue weighted by molar-refractivity contribution is -0.125. The summed E-state index contributed by atoms with van der Waals surface area (Å²) in [7, 11) is 0. The van der Waals surface area contributed by atoms with Crippen molar-refractivity contribution >= 4 is 18.0 Å². The molecule has 5 nitrogen and oxygen atoms in total. The van der Waals surface area contributed by atoms with Crippen LogP contribution in [0, 0.1) is 11.8 Å². The van der Waals surface area contributed by atoms with Gasteiger partial charge in [0.15, 0.2) is 0 Å². The first-order valence-corrected chi connectivity index (χ1v) is 9.03. The van der Waals surface area contributed by atoms with Crippen molar-refractivity contribution < 1.29 is 19.1 Å². The highest BCUT2D eigenvalue weighted by atomic mass is 16.5. The summed E-state index contributed by atoms with van der Waals surface area (Å²) < 4.78 is 5.87. The Balaban J connectivity index is 1.66. The number of ketones is 1. The third kappa shape index (κ3) is 5.13. The normalized spacial score (nSPS) is 28.7. The van der Waals surface area contributed by atoms with E-state index >= 15 is 0 Å². The van der Waals surface area contributed by atoms with Gasteiger partial charge in [0.2, 0.25) is 5.91 Å². The summed E-state index contributed by atoms with van der Waals surface area (Å²) in [5.41, 5.74) is 0. The third-order valence-corrected chi connectivity index (χ3v) is 5.18. The van der Waals surface area contributed by atoms with Gasteiger partial charge < -0.3 is 14.8 Å². The first kappa shape index (κ1) is 18.1. The third-order valence-electron chi connectivity index (χ3n) is 5.18. The van der Waals surface area contributed by atoms with E-state index < -0.39 is 0 Å². The number of carbonyl (C=O) groups excluding carboxylic acids is 3. The number of unbranched alkanes of at least 4 members (excludes halogenated alkanes) is 2. The molecule has 0 aromatic rings. The van der Waals surface area contributed by atoms with Crippen molar-refractivity contribution in [3.8, 4) is 0 Å². The van der Waals surface area contributed by atoms with Crippen LogP contribution in [0.4, 0.5) is 0 Å². The first-order valence-electron chi connectivity index (χ1n) is 9.03. The molecule has 1 N–H and O–H groups in total. The lowest BCUT2D eigenvalue weighted by Gasteiger charge is -2.26. The molecule has 0 spiro atoms. The van der Waals surface area contributed by atoms with Gasteiger partial charge >= 0.3 is 0 Å². The predicted octanol–water partition coefficient (Wildman–Crippen LogP) is 2.41. The van der Waals surface area contributed by atoms with Crippen molar-refractivity contribution in [1.29, 1.82) is 0 Å². The van der Waals surface area contributed by atoms with Crippen molar-refractivity contribution in [2.24, 2.45) is 11.8 Å². The maximum atomic E-state index is 11.9. The summed E-state index contributed by atoms with van der Waals surface area (Å²) in [4.78, 5) is 34.4. The number of Topliss-reactive ketones (excluding diaryl/α,β-unsaturated/α-hetero) is 1. The van der Waals surface area contributed by atoms with E-state index in [1.165, 1.54) is 0 Å². The number of rotatable bonds is 11. The molecule has 5 heteroatoms. The molecule has 2 saturated heterocycles. The molecule has 0 aromatic carbocycles. The number of amides is 1. The van der Waals surface area contributed by atoms with Crippen LogP contribution < -0.4 is 5.32 Å². The molecule has 1 amide bonds. The fraction of sp³-hybridized carbons (Fsp3) is 0.833. The Morgan fingerprint density at radius 3 is 2.52 bits per heavy atom. The number of nitrogens with one attached hydrogen (secondary N) is 1. The maximum absolute atomic E-state index is 11.9. The molecular weight excluding hydrogens is 294 g/mol. The van der Waals surface area contributed by atoms with E-state index in [2.05, 4.69) is 12.2 Å². The van der Waals surface area contributed by atoms with Crippen LogP contribution in [0.25, 0.3) is 0 Å². The zero-order valence-electron chi connectivity index (χ0n) is 14.1. The van der Waals surface area contributed by atoms with Crippen LogP contribution in [-0.2, 0) is 19.1 Å². The summed E-state index contributed by atoms with van der Waals surface area (Å²) in [5, 5.41) is 2.93. The Morgan fingerprint density at radius 2 is 1.83 bits per heavy atom. The van der Waals surface area contributed by atoms with Gasteiger partial charge in [0.05, 0.1) is 12.2 Å². The number of aldehydes is 1. The van der Waals surface area contributed by atoms with E-state index in [-0.39, 0.29) is 42.2 Å². The molecule has 0 radical (unpaired) electrons. The van der Waals surface area contributed by atoms with Gasteiger partial charge in [-0.2, -0.15) is 0 Å². The highest BCUT2D eigenvalue weighted by molar-refractivity contribution is 5.84. The van der Waals surface area contributed by atoms with Gasteiger partial charge in [-0.15, -0.1) is 0 Å². The number of fused-ring (bicyclic) bond motifs is 2. The van der Waals surface area contributed by atoms with Crippen LogP contribution >= 0.6 is 0 Å². The highest BCUT2D eigenvalue weighted by Crippen LogP contribution is 2.44. The van der Waals surface area contributed by atoms with Gasteiger partial charge in [-0.05, 0) is 25.2 Å². The topological polar surface area (TPSA) is 72.5 Å². The minimum atomic E-state index is -0.0681. The van der Waals surface area contributed by atoms with Crippen LogP contribution in [0.2, 0.25) is 0 Å². The van der Waals surface area contributed by atoms with E-state index in [1.807, 2.05) is 0 Å². The van der Waals surface area contributed by atoms with Gasteiger partial charge in [-0.25, -0.2) is 0 Å². The van der Waals surface area contributed by atoms with E-state index in [0.29, 0.717) is 25.8 Å². The van der Waals surface area contributed by atoms with Crippen molar-refractivity contribution in [3.05, 3.63) is 0 Å². The minimum Gasteiger partial charge on any atom is -0.374 e. The summed E-state index contributed by atoms with van der Waals surface area (Å²) in [6.45, 7) is 2.66. The zero-order valence-corrected chi connectivity index (χ0v) is 14.1. The Morgan fingerprint density at radius 1 is 1.09 bits per heavy atom. The van der Waals surface area contributed by atoms with Crippen LogP contribution in [0.1, 0.15) is 64.7 Å². The van der Waals surface area contributed by atoms with Crippen LogP contribution in [-0.4, -0.2) is 36.7 Å². The van der Waals surface area contributed by atoms with Gasteiger partial charge in [0.25, 0.3) is 0 Å². The second kappa shape index (κ2) is 9.16. The van der Waals surface area contributed by atoms with Gasteiger partial charge in [0.1, 0.15) is 12.1 Å². The first-order chi connectivity index (χ1) is 11.2. The molecule has 23 heavy (non-hydrogen) atoms. The average molecular weight is 323 g/mol. The largest absolute Gasteiger partial charge is 0.374 e.